The highest BCUT2D eigenvalue weighted by Gasteiger charge is 2.16. The minimum absolute atomic E-state index is 0.226. The lowest BCUT2D eigenvalue weighted by atomic mass is 10.1. The van der Waals surface area contributed by atoms with Crippen LogP contribution in [0.5, 0.6) is 0 Å². The molecule has 0 amide bonds. The molecule has 3 aromatic rings. The molecule has 0 fully saturated rings. The molecule has 2 aromatic carbocycles. The van der Waals surface area contributed by atoms with Crippen LogP contribution >= 0.6 is 11.6 Å². The summed E-state index contributed by atoms with van der Waals surface area (Å²) in [6.07, 6.45) is 0.237. The highest BCUT2D eigenvalue weighted by atomic mass is 35.5. The van der Waals surface area contributed by atoms with Crippen molar-refractivity contribution < 1.29 is 8.91 Å². The summed E-state index contributed by atoms with van der Waals surface area (Å²) in [4.78, 5) is 4.23. The average molecular weight is 304 g/mol. The van der Waals surface area contributed by atoms with Crippen LogP contribution in [0.4, 0.5) is 10.1 Å². The third kappa shape index (κ3) is 2.73. The van der Waals surface area contributed by atoms with E-state index in [4.69, 9.17) is 21.9 Å². The fourth-order valence-electron chi connectivity index (χ4n) is 2.01. The van der Waals surface area contributed by atoms with Gasteiger partial charge in [-0.05, 0) is 23.8 Å². The molecule has 0 atom stereocenters. The average Bonchev–Trinajstić information content (AvgIpc) is 2.89. The van der Waals surface area contributed by atoms with E-state index < -0.39 is 0 Å². The molecule has 0 saturated carbocycles. The maximum Gasteiger partial charge on any atom is 0.261 e. The Morgan fingerprint density at radius 1 is 1.14 bits per heavy atom. The molecule has 0 saturated heterocycles. The van der Waals surface area contributed by atoms with Gasteiger partial charge in [0.05, 0.1) is 10.6 Å². The van der Waals surface area contributed by atoms with E-state index in [0.29, 0.717) is 27.7 Å². The number of nitrogens with two attached hydrogens (primary N) is 1. The Hall–Kier alpha value is -2.40. The van der Waals surface area contributed by atoms with Gasteiger partial charge in [-0.1, -0.05) is 41.0 Å². The van der Waals surface area contributed by atoms with Crippen molar-refractivity contribution in [2.24, 2.45) is 0 Å². The first-order valence-corrected chi connectivity index (χ1v) is 6.63. The van der Waals surface area contributed by atoms with E-state index in [-0.39, 0.29) is 18.1 Å². The molecular weight excluding hydrogens is 293 g/mol. The van der Waals surface area contributed by atoms with Crippen molar-refractivity contribution in [1.82, 2.24) is 10.1 Å². The van der Waals surface area contributed by atoms with Gasteiger partial charge in [0.2, 0.25) is 0 Å². The Kier molecular flexibility index (Phi) is 3.58. The van der Waals surface area contributed by atoms with E-state index in [1.165, 1.54) is 6.07 Å². The second kappa shape index (κ2) is 5.54. The zero-order valence-electron chi connectivity index (χ0n) is 10.9. The van der Waals surface area contributed by atoms with Crippen LogP contribution in [-0.2, 0) is 6.42 Å². The Labute approximate surface area is 125 Å². The molecule has 106 valence electrons. The van der Waals surface area contributed by atoms with E-state index in [9.17, 15) is 4.39 Å². The normalized spacial score (nSPS) is 10.8. The number of hydrogen-bond donors (Lipinski definition) is 1. The molecule has 1 aromatic heterocycles. The molecule has 6 heteroatoms. The summed E-state index contributed by atoms with van der Waals surface area (Å²) in [7, 11) is 0. The van der Waals surface area contributed by atoms with Crippen molar-refractivity contribution in [2.45, 2.75) is 6.42 Å². The van der Waals surface area contributed by atoms with Crippen LogP contribution in [0, 0.1) is 5.82 Å². The molecule has 0 bridgehead atoms. The number of nitrogens with zero attached hydrogens (tertiary/aromatic N) is 2. The first-order chi connectivity index (χ1) is 10.1. The van der Waals surface area contributed by atoms with Gasteiger partial charge in [-0.3, -0.25) is 0 Å². The van der Waals surface area contributed by atoms with Gasteiger partial charge in [-0.15, -0.1) is 0 Å². The van der Waals surface area contributed by atoms with Crippen LogP contribution in [0.3, 0.4) is 0 Å². The molecule has 0 aliphatic rings. The SMILES string of the molecule is Nc1cccc(Cl)c1-c1nc(Cc2ccccc2F)no1. The van der Waals surface area contributed by atoms with Gasteiger partial charge in [-0.2, -0.15) is 4.98 Å². The summed E-state index contributed by atoms with van der Waals surface area (Å²) in [5.41, 5.74) is 7.30. The van der Waals surface area contributed by atoms with Crippen LogP contribution < -0.4 is 5.73 Å². The van der Waals surface area contributed by atoms with Crippen LogP contribution in [0.1, 0.15) is 11.4 Å². The maximum absolute atomic E-state index is 13.6. The Bertz CT molecular complexity index is 768. The Morgan fingerprint density at radius 2 is 1.95 bits per heavy atom. The number of rotatable bonds is 3. The lowest BCUT2D eigenvalue weighted by Crippen LogP contribution is -1.95. The van der Waals surface area contributed by atoms with E-state index >= 15 is 0 Å². The quantitative estimate of drug-likeness (QED) is 0.749. The monoisotopic (exact) mass is 303 g/mol. The lowest BCUT2D eigenvalue weighted by Gasteiger charge is -2.02. The van der Waals surface area contributed by atoms with E-state index in [1.54, 1.807) is 36.4 Å². The molecule has 0 aliphatic carbocycles. The van der Waals surface area contributed by atoms with Crippen molar-refractivity contribution in [1.29, 1.82) is 0 Å². The van der Waals surface area contributed by atoms with Crippen molar-refractivity contribution in [3.8, 4) is 11.5 Å². The molecule has 1 heterocycles. The lowest BCUT2D eigenvalue weighted by molar-refractivity contribution is 0.423. The molecule has 0 spiro atoms. The molecular formula is C15H11ClFN3O. The molecule has 4 nitrogen and oxygen atoms in total. The first-order valence-electron chi connectivity index (χ1n) is 6.25. The smallest absolute Gasteiger partial charge is 0.261 e. The number of aromatic nitrogens is 2. The standard InChI is InChI=1S/C15H11ClFN3O/c16-10-5-3-7-12(18)14(10)15-19-13(20-21-15)8-9-4-1-2-6-11(9)17/h1-7H,8,18H2. The maximum atomic E-state index is 13.6. The highest BCUT2D eigenvalue weighted by Crippen LogP contribution is 2.32. The summed E-state index contributed by atoms with van der Waals surface area (Å²) in [5.74, 6) is 0.292. The summed E-state index contributed by atoms with van der Waals surface area (Å²) >= 11 is 6.09. The molecule has 3 rings (SSSR count). The van der Waals surface area contributed by atoms with Gasteiger partial charge in [0.25, 0.3) is 5.89 Å². The molecule has 0 radical (unpaired) electrons. The summed E-state index contributed by atoms with van der Waals surface area (Å²) in [6, 6.07) is 11.6. The second-order valence-electron chi connectivity index (χ2n) is 4.49. The number of hydrogen-bond acceptors (Lipinski definition) is 4. The highest BCUT2D eigenvalue weighted by molar-refractivity contribution is 6.33. The molecule has 21 heavy (non-hydrogen) atoms. The number of anilines is 1. The van der Waals surface area contributed by atoms with Gasteiger partial charge in [0, 0.05) is 12.1 Å². The third-order valence-corrected chi connectivity index (χ3v) is 3.35. The molecule has 0 unspecified atom stereocenters. The minimum atomic E-state index is -0.305. The van der Waals surface area contributed by atoms with Gasteiger partial charge in [-0.25, -0.2) is 4.39 Å². The largest absolute Gasteiger partial charge is 0.398 e. The Balaban J connectivity index is 1.92. The van der Waals surface area contributed by atoms with Crippen LogP contribution in [0.2, 0.25) is 5.02 Å². The van der Waals surface area contributed by atoms with Crippen LogP contribution in [0.15, 0.2) is 47.0 Å². The predicted octanol–water partition coefficient (Wildman–Crippen LogP) is 3.70. The number of benzene rings is 2. The third-order valence-electron chi connectivity index (χ3n) is 3.03. The second-order valence-corrected chi connectivity index (χ2v) is 4.90. The van der Waals surface area contributed by atoms with E-state index in [1.807, 2.05) is 0 Å². The molecule has 2 N–H and O–H groups in total. The predicted molar refractivity (Wildman–Crippen MR) is 78.4 cm³/mol. The summed E-state index contributed by atoms with van der Waals surface area (Å²) in [5, 5.41) is 4.27. The fourth-order valence-corrected chi connectivity index (χ4v) is 2.27. The zero-order chi connectivity index (χ0) is 14.8. The minimum Gasteiger partial charge on any atom is -0.398 e. The molecule has 0 aliphatic heterocycles. The van der Waals surface area contributed by atoms with Gasteiger partial charge < -0.3 is 10.3 Å². The first kappa shape index (κ1) is 13.6. The fraction of sp³-hybridized carbons (Fsp3) is 0.0667. The topological polar surface area (TPSA) is 64.9 Å². The van der Waals surface area contributed by atoms with Crippen molar-refractivity contribution in [2.75, 3.05) is 5.73 Å². The number of nitrogen functional groups attached to an aromatic ring is 1. The van der Waals surface area contributed by atoms with Crippen LogP contribution in [0.25, 0.3) is 11.5 Å². The van der Waals surface area contributed by atoms with E-state index in [0.717, 1.165) is 0 Å². The van der Waals surface area contributed by atoms with Gasteiger partial charge in [0.1, 0.15) is 5.82 Å². The Morgan fingerprint density at radius 3 is 2.71 bits per heavy atom. The summed E-state index contributed by atoms with van der Waals surface area (Å²) < 4.78 is 18.8. The zero-order valence-corrected chi connectivity index (χ0v) is 11.6. The van der Waals surface area contributed by atoms with E-state index in [2.05, 4.69) is 10.1 Å². The van der Waals surface area contributed by atoms with Gasteiger partial charge in [0.15, 0.2) is 5.82 Å². The van der Waals surface area contributed by atoms with Crippen molar-refractivity contribution >= 4 is 17.3 Å². The van der Waals surface area contributed by atoms with Crippen molar-refractivity contribution in [3.05, 3.63) is 64.7 Å². The van der Waals surface area contributed by atoms with Gasteiger partial charge >= 0.3 is 0 Å². The van der Waals surface area contributed by atoms with Crippen LogP contribution in [-0.4, -0.2) is 10.1 Å². The summed E-state index contributed by atoms with van der Waals surface area (Å²) in [6.45, 7) is 0. The number of halogens is 2. The van der Waals surface area contributed by atoms with Crippen molar-refractivity contribution in [3.63, 3.8) is 0 Å².